The number of hydrogen-bond acceptors (Lipinski definition) is 5. The maximum absolute atomic E-state index is 13.0. The molecule has 1 atom stereocenters. The third kappa shape index (κ3) is 3.25. The van der Waals surface area contributed by atoms with Crippen molar-refractivity contribution in [2.45, 2.75) is 6.04 Å². The van der Waals surface area contributed by atoms with Crippen LogP contribution in [0.15, 0.2) is 84.7 Å². The van der Waals surface area contributed by atoms with E-state index in [0.29, 0.717) is 22.6 Å². The van der Waals surface area contributed by atoms with Gasteiger partial charge in [0.15, 0.2) is 0 Å². The number of methoxy groups -OCH3 is 1. The van der Waals surface area contributed by atoms with E-state index in [4.69, 9.17) is 4.74 Å². The van der Waals surface area contributed by atoms with Crippen molar-refractivity contribution < 1.29 is 19.4 Å². The molecular weight excluding hydrogens is 368 g/mol. The maximum Gasteiger partial charge on any atom is 0.300 e. The first-order valence-corrected chi connectivity index (χ1v) is 9.02. The van der Waals surface area contributed by atoms with Crippen LogP contribution in [0.3, 0.4) is 0 Å². The molecule has 6 heteroatoms. The highest BCUT2D eigenvalue weighted by Crippen LogP contribution is 2.42. The minimum Gasteiger partial charge on any atom is -0.507 e. The van der Waals surface area contributed by atoms with Gasteiger partial charge in [0, 0.05) is 23.6 Å². The fourth-order valence-corrected chi connectivity index (χ4v) is 3.45. The Labute approximate surface area is 167 Å². The minimum absolute atomic E-state index is 0.0372. The molecule has 1 saturated heterocycles. The Balaban J connectivity index is 1.93. The molecule has 1 N–H and O–H groups in total. The fourth-order valence-electron chi connectivity index (χ4n) is 3.45. The van der Waals surface area contributed by atoms with Crippen LogP contribution in [0.4, 0.5) is 5.69 Å². The minimum atomic E-state index is -0.767. The molecule has 3 aromatic rings. The second-order valence-electron chi connectivity index (χ2n) is 6.51. The van der Waals surface area contributed by atoms with Crippen LogP contribution in [0.5, 0.6) is 5.75 Å². The van der Waals surface area contributed by atoms with Crippen molar-refractivity contribution in [2.75, 3.05) is 12.0 Å². The van der Waals surface area contributed by atoms with Crippen LogP contribution in [0, 0.1) is 0 Å². The Hall–Kier alpha value is -3.93. The highest BCUT2D eigenvalue weighted by molar-refractivity contribution is 6.51. The van der Waals surface area contributed by atoms with Gasteiger partial charge in [0.2, 0.25) is 0 Å². The molecule has 1 aliphatic heterocycles. The zero-order valence-electron chi connectivity index (χ0n) is 15.6. The summed E-state index contributed by atoms with van der Waals surface area (Å²) in [4.78, 5) is 31.3. The highest BCUT2D eigenvalue weighted by Gasteiger charge is 2.46. The average molecular weight is 386 g/mol. The second-order valence-corrected chi connectivity index (χ2v) is 6.51. The van der Waals surface area contributed by atoms with Crippen molar-refractivity contribution in [1.29, 1.82) is 0 Å². The van der Waals surface area contributed by atoms with E-state index >= 15 is 0 Å². The van der Waals surface area contributed by atoms with E-state index < -0.39 is 17.7 Å². The van der Waals surface area contributed by atoms with Crippen molar-refractivity contribution in [3.8, 4) is 5.75 Å². The molecule has 6 nitrogen and oxygen atoms in total. The van der Waals surface area contributed by atoms with E-state index in [1.807, 2.05) is 6.07 Å². The number of ether oxygens (including phenoxy) is 1. The molecule has 1 unspecified atom stereocenters. The predicted octanol–water partition coefficient (Wildman–Crippen LogP) is 3.72. The summed E-state index contributed by atoms with van der Waals surface area (Å²) in [7, 11) is 1.56. The number of amides is 1. The van der Waals surface area contributed by atoms with Crippen molar-refractivity contribution >= 4 is 23.1 Å². The number of carbonyl (C=O) groups excluding carboxylic acids is 2. The number of hydrogen-bond donors (Lipinski definition) is 1. The van der Waals surface area contributed by atoms with Crippen molar-refractivity contribution in [3.05, 3.63) is 95.8 Å². The lowest BCUT2D eigenvalue weighted by Gasteiger charge is -2.25. The lowest BCUT2D eigenvalue weighted by Crippen LogP contribution is -2.29. The van der Waals surface area contributed by atoms with Gasteiger partial charge in [0.05, 0.1) is 18.7 Å². The summed E-state index contributed by atoms with van der Waals surface area (Å²) in [5, 5.41) is 10.9. The Morgan fingerprint density at radius 2 is 1.62 bits per heavy atom. The first kappa shape index (κ1) is 18.4. The molecule has 4 rings (SSSR count). The van der Waals surface area contributed by atoms with Crippen LogP contribution in [-0.2, 0) is 9.59 Å². The van der Waals surface area contributed by atoms with Gasteiger partial charge >= 0.3 is 0 Å². The van der Waals surface area contributed by atoms with Gasteiger partial charge in [-0.05, 0) is 42.0 Å². The van der Waals surface area contributed by atoms with Gasteiger partial charge in [-0.1, -0.05) is 30.3 Å². The SMILES string of the molecule is COc1ccc(C2/C(=C(/O)c3ccncc3)C(=O)C(=O)N2c2ccccc2)cc1. The molecule has 1 fully saturated rings. The molecule has 1 aliphatic rings. The number of aliphatic hydroxyl groups is 1. The van der Waals surface area contributed by atoms with Crippen molar-refractivity contribution in [3.63, 3.8) is 0 Å². The molecule has 0 aliphatic carbocycles. The number of carbonyl (C=O) groups is 2. The molecule has 2 heterocycles. The van der Waals surface area contributed by atoms with Gasteiger partial charge < -0.3 is 9.84 Å². The standard InChI is InChI=1S/C23H18N2O4/c1-29-18-9-7-15(8-10-18)20-19(21(26)16-11-13-24-14-12-16)22(27)23(28)25(20)17-5-3-2-4-6-17/h2-14,20,26H,1H3/b21-19-. The number of nitrogens with zero attached hydrogens (tertiary/aromatic N) is 2. The molecular formula is C23H18N2O4. The van der Waals surface area contributed by atoms with E-state index in [0.717, 1.165) is 0 Å². The van der Waals surface area contributed by atoms with E-state index in [9.17, 15) is 14.7 Å². The van der Waals surface area contributed by atoms with Crippen LogP contribution in [-0.4, -0.2) is 28.9 Å². The predicted molar refractivity (Wildman–Crippen MR) is 108 cm³/mol. The molecule has 0 radical (unpaired) electrons. The molecule has 29 heavy (non-hydrogen) atoms. The third-order valence-electron chi connectivity index (χ3n) is 4.86. The Kier molecular flexibility index (Phi) is 4.83. The van der Waals surface area contributed by atoms with E-state index in [1.54, 1.807) is 67.8 Å². The summed E-state index contributed by atoms with van der Waals surface area (Å²) in [6.07, 6.45) is 3.04. The van der Waals surface area contributed by atoms with Crippen LogP contribution in [0.1, 0.15) is 17.2 Å². The molecule has 0 bridgehead atoms. The van der Waals surface area contributed by atoms with Gasteiger partial charge in [0.25, 0.3) is 11.7 Å². The largest absolute Gasteiger partial charge is 0.507 e. The number of rotatable bonds is 4. The summed E-state index contributed by atoms with van der Waals surface area (Å²) in [5.74, 6) is -0.999. The van der Waals surface area contributed by atoms with Gasteiger partial charge in [-0.25, -0.2) is 0 Å². The summed E-state index contributed by atoms with van der Waals surface area (Å²) in [6.45, 7) is 0. The topological polar surface area (TPSA) is 79.7 Å². The zero-order valence-corrected chi connectivity index (χ0v) is 15.6. The van der Waals surface area contributed by atoms with E-state index in [-0.39, 0.29) is 11.3 Å². The molecule has 0 spiro atoms. The van der Waals surface area contributed by atoms with Crippen molar-refractivity contribution in [2.24, 2.45) is 0 Å². The van der Waals surface area contributed by atoms with Crippen molar-refractivity contribution in [1.82, 2.24) is 4.98 Å². The maximum atomic E-state index is 13.0. The lowest BCUT2D eigenvalue weighted by molar-refractivity contribution is -0.132. The summed E-state index contributed by atoms with van der Waals surface area (Å²) >= 11 is 0. The van der Waals surface area contributed by atoms with Gasteiger partial charge in [-0.15, -0.1) is 0 Å². The summed E-state index contributed by atoms with van der Waals surface area (Å²) in [6, 6.07) is 18.4. The first-order chi connectivity index (χ1) is 14.1. The molecule has 1 aromatic heterocycles. The van der Waals surface area contributed by atoms with Crippen LogP contribution >= 0.6 is 0 Å². The first-order valence-electron chi connectivity index (χ1n) is 9.02. The monoisotopic (exact) mass is 386 g/mol. The molecule has 144 valence electrons. The van der Waals surface area contributed by atoms with E-state index in [1.165, 1.54) is 17.3 Å². The Bertz CT molecular complexity index is 1080. The number of aromatic nitrogens is 1. The number of para-hydroxylation sites is 1. The third-order valence-corrected chi connectivity index (χ3v) is 4.86. The highest BCUT2D eigenvalue weighted by atomic mass is 16.5. The lowest BCUT2D eigenvalue weighted by atomic mass is 9.95. The van der Waals surface area contributed by atoms with Gasteiger partial charge in [-0.3, -0.25) is 19.5 Å². The molecule has 2 aromatic carbocycles. The number of ketones is 1. The van der Waals surface area contributed by atoms with E-state index in [2.05, 4.69) is 4.98 Å². The fraction of sp³-hybridized carbons (Fsp3) is 0.0870. The van der Waals surface area contributed by atoms with Crippen LogP contribution in [0.2, 0.25) is 0 Å². The zero-order chi connectivity index (χ0) is 20.4. The number of Topliss-reactive ketones (excluding diaryl/α,β-unsaturated/α-hetero) is 1. The molecule has 1 amide bonds. The number of aliphatic hydroxyl groups excluding tert-OH is 1. The van der Waals surface area contributed by atoms with Crippen LogP contribution in [0.25, 0.3) is 5.76 Å². The number of anilines is 1. The second kappa shape index (κ2) is 7.59. The summed E-state index contributed by atoms with van der Waals surface area (Å²) < 4.78 is 5.21. The smallest absolute Gasteiger partial charge is 0.300 e. The Morgan fingerprint density at radius 1 is 0.966 bits per heavy atom. The summed E-state index contributed by atoms with van der Waals surface area (Å²) in [5.41, 5.74) is 1.72. The molecule has 0 saturated carbocycles. The van der Waals surface area contributed by atoms with Gasteiger partial charge in [0.1, 0.15) is 11.5 Å². The van der Waals surface area contributed by atoms with Gasteiger partial charge in [-0.2, -0.15) is 0 Å². The normalized spacial score (nSPS) is 18.1. The average Bonchev–Trinajstić information content (AvgIpc) is 3.05. The quantitative estimate of drug-likeness (QED) is 0.420. The number of pyridine rings is 1. The number of benzene rings is 2. The Morgan fingerprint density at radius 3 is 2.24 bits per heavy atom. The van der Waals surface area contributed by atoms with Crippen LogP contribution < -0.4 is 9.64 Å².